The number of morpholine rings is 1. The monoisotopic (exact) mass is 319 g/mol. The van der Waals surface area contributed by atoms with Crippen LogP contribution in [0.4, 0.5) is 0 Å². The number of aromatic amines is 1. The number of H-pyrrole nitrogens is 1. The SMILES string of the molecule is Cc1nc(C2COCCN2C(=O)Cc2cccs2)cc(=O)[nH]1. The molecule has 1 fully saturated rings. The molecule has 1 amide bonds. The molecule has 0 radical (unpaired) electrons. The first-order chi connectivity index (χ1) is 10.6. The lowest BCUT2D eigenvalue weighted by molar-refractivity contribution is -0.139. The van der Waals surface area contributed by atoms with E-state index in [-0.39, 0.29) is 17.5 Å². The van der Waals surface area contributed by atoms with Gasteiger partial charge in [0.25, 0.3) is 5.56 Å². The lowest BCUT2D eigenvalue weighted by atomic mass is 10.1. The van der Waals surface area contributed by atoms with E-state index in [4.69, 9.17) is 4.74 Å². The molecule has 1 aliphatic rings. The zero-order valence-electron chi connectivity index (χ0n) is 12.2. The van der Waals surface area contributed by atoms with E-state index in [2.05, 4.69) is 9.97 Å². The summed E-state index contributed by atoms with van der Waals surface area (Å²) in [7, 11) is 0. The Kier molecular flexibility index (Phi) is 4.35. The molecule has 1 aliphatic heterocycles. The van der Waals surface area contributed by atoms with Gasteiger partial charge in [-0.05, 0) is 18.4 Å². The van der Waals surface area contributed by atoms with Gasteiger partial charge in [-0.3, -0.25) is 9.59 Å². The van der Waals surface area contributed by atoms with Gasteiger partial charge in [0.05, 0.1) is 31.4 Å². The van der Waals surface area contributed by atoms with Crippen molar-refractivity contribution in [1.82, 2.24) is 14.9 Å². The van der Waals surface area contributed by atoms with Gasteiger partial charge in [-0.25, -0.2) is 4.98 Å². The number of hydrogen-bond acceptors (Lipinski definition) is 5. The molecular formula is C15H17N3O3S. The van der Waals surface area contributed by atoms with E-state index in [1.165, 1.54) is 6.07 Å². The molecule has 3 heterocycles. The summed E-state index contributed by atoms with van der Waals surface area (Å²) >= 11 is 1.57. The number of carbonyl (C=O) groups excluding carboxylic acids is 1. The second-order valence-corrected chi connectivity index (χ2v) is 6.22. The normalized spacial score (nSPS) is 18.4. The molecule has 2 aromatic rings. The maximum atomic E-state index is 12.6. The minimum atomic E-state index is -0.304. The number of rotatable bonds is 3. The number of nitrogens with zero attached hydrogens (tertiary/aromatic N) is 2. The molecule has 1 saturated heterocycles. The molecule has 0 aliphatic carbocycles. The van der Waals surface area contributed by atoms with Crippen molar-refractivity contribution in [3.63, 3.8) is 0 Å². The molecule has 0 spiro atoms. The van der Waals surface area contributed by atoms with Gasteiger partial charge < -0.3 is 14.6 Å². The van der Waals surface area contributed by atoms with E-state index in [9.17, 15) is 9.59 Å². The molecule has 1 unspecified atom stereocenters. The van der Waals surface area contributed by atoms with Crippen molar-refractivity contribution in [2.24, 2.45) is 0 Å². The van der Waals surface area contributed by atoms with Crippen LogP contribution in [0.5, 0.6) is 0 Å². The number of nitrogens with one attached hydrogen (secondary N) is 1. The van der Waals surface area contributed by atoms with Crippen LogP contribution in [0, 0.1) is 6.92 Å². The van der Waals surface area contributed by atoms with E-state index in [1.807, 2.05) is 17.5 Å². The topological polar surface area (TPSA) is 75.3 Å². The van der Waals surface area contributed by atoms with Crippen LogP contribution in [0.25, 0.3) is 0 Å². The summed E-state index contributed by atoms with van der Waals surface area (Å²) in [5, 5.41) is 1.96. The van der Waals surface area contributed by atoms with Gasteiger partial charge in [0.2, 0.25) is 5.91 Å². The predicted octanol–water partition coefficient (Wildman–Crippen LogP) is 1.28. The van der Waals surface area contributed by atoms with Crippen LogP contribution in [-0.4, -0.2) is 40.5 Å². The minimum absolute atomic E-state index is 0.0375. The highest BCUT2D eigenvalue weighted by Crippen LogP contribution is 2.23. The van der Waals surface area contributed by atoms with Gasteiger partial charge in [0.1, 0.15) is 5.82 Å². The molecule has 7 heteroatoms. The Bertz CT molecular complexity index is 711. The van der Waals surface area contributed by atoms with Gasteiger partial charge in [0, 0.05) is 17.5 Å². The summed E-state index contributed by atoms with van der Waals surface area (Å²) in [6, 6.07) is 5.03. The maximum Gasteiger partial charge on any atom is 0.251 e. The quantitative estimate of drug-likeness (QED) is 0.925. The van der Waals surface area contributed by atoms with Gasteiger partial charge in [-0.2, -0.15) is 0 Å². The predicted molar refractivity (Wildman–Crippen MR) is 82.9 cm³/mol. The van der Waals surface area contributed by atoms with Crippen molar-refractivity contribution in [2.45, 2.75) is 19.4 Å². The number of thiophene rings is 1. The number of aryl methyl sites for hydroxylation is 1. The molecule has 6 nitrogen and oxygen atoms in total. The molecule has 0 aromatic carbocycles. The third-order valence-corrected chi connectivity index (χ3v) is 4.45. The van der Waals surface area contributed by atoms with Crippen molar-refractivity contribution < 1.29 is 9.53 Å². The van der Waals surface area contributed by atoms with Gasteiger partial charge in [-0.15, -0.1) is 11.3 Å². The summed E-state index contributed by atoms with van der Waals surface area (Å²) in [5.41, 5.74) is 0.374. The highest BCUT2D eigenvalue weighted by molar-refractivity contribution is 7.10. The van der Waals surface area contributed by atoms with E-state index < -0.39 is 0 Å². The van der Waals surface area contributed by atoms with Crippen molar-refractivity contribution in [2.75, 3.05) is 19.8 Å². The van der Waals surface area contributed by atoms with Crippen LogP contribution in [-0.2, 0) is 16.0 Å². The molecule has 1 N–H and O–H groups in total. The van der Waals surface area contributed by atoms with Crippen LogP contribution in [0.2, 0.25) is 0 Å². The number of aromatic nitrogens is 2. The fourth-order valence-corrected chi connectivity index (χ4v) is 3.28. The highest BCUT2D eigenvalue weighted by Gasteiger charge is 2.30. The lowest BCUT2D eigenvalue weighted by Gasteiger charge is -2.35. The first kappa shape index (κ1) is 14.9. The van der Waals surface area contributed by atoms with Crippen LogP contribution in [0.3, 0.4) is 0 Å². The Morgan fingerprint density at radius 3 is 3.18 bits per heavy atom. The summed E-state index contributed by atoms with van der Waals surface area (Å²) in [6.45, 7) is 3.12. The van der Waals surface area contributed by atoms with Crippen molar-refractivity contribution in [1.29, 1.82) is 0 Å². The first-order valence-electron chi connectivity index (χ1n) is 7.11. The number of carbonyl (C=O) groups is 1. The smallest absolute Gasteiger partial charge is 0.251 e. The molecule has 0 saturated carbocycles. The zero-order valence-corrected chi connectivity index (χ0v) is 13.1. The van der Waals surface area contributed by atoms with Crippen LogP contribution >= 0.6 is 11.3 Å². The molecule has 3 rings (SSSR count). The first-order valence-corrected chi connectivity index (χ1v) is 7.99. The Labute approximate surface area is 131 Å². The standard InChI is InChI=1S/C15H17N3O3S/c1-10-16-12(8-14(19)17-10)13-9-21-5-4-18(13)15(20)7-11-3-2-6-22-11/h2-3,6,8,13H,4-5,7,9H2,1H3,(H,16,17,19). The largest absolute Gasteiger partial charge is 0.377 e. The summed E-state index contributed by atoms with van der Waals surface area (Å²) < 4.78 is 5.49. The van der Waals surface area contributed by atoms with Gasteiger partial charge >= 0.3 is 0 Å². The third-order valence-electron chi connectivity index (χ3n) is 3.58. The van der Waals surface area contributed by atoms with Crippen molar-refractivity contribution >= 4 is 17.2 Å². The average Bonchev–Trinajstić information content (AvgIpc) is 2.99. The van der Waals surface area contributed by atoms with Crippen molar-refractivity contribution in [3.05, 3.63) is 50.3 Å². The Hall–Kier alpha value is -1.99. The highest BCUT2D eigenvalue weighted by atomic mass is 32.1. The molecule has 2 aromatic heterocycles. The molecule has 0 bridgehead atoms. The van der Waals surface area contributed by atoms with E-state index >= 15 is 0 Å². The van der Waals surface area contributed by atoms with Crippen LogP contribution in [0.1, 0.15) is 22.4 Å². The Balaban J connectivity index is 1.84. The van der Waals surface area contributed by atoms with Crippen molar-refractivity contribution in [3.8, 4) is 0 Å². The second-order valence-electron chi connectivity index (χ2n) is 5.19. The van der Waals surface area contributed by atoms with Gasteiger partial charge in [-0.1, -0.05) is 6.07 Å². The number of hydrogen-bond donors (Lipinski definition) is 1. The zero-order chi connectivity index (χ0) is 15.5. The summed E-state index contributed by atoms with van der Waals surface area (Å²) in [4.78, 5) is 34.0. The molecule has 1 atom stereocenters. The number of amides is 1. The number of ether oxygens (including phenoxy) is 1. The van der Waals surface area contributed by atoms with Gasteiger partial charge in [0.15, 0.2) is 0 Å². The fourth-order valence-electron chi connectivity index (χ4n) is 2.58. The Morgan fingerprint density at radius 2 is 2.45 bits per heavy atom. The van der Waals surface area contributed by atoms with Crippen LogP contribution < -0.4 is 5.56 Å². The van der Waals surface area contributed by atoms with Crippen LogP contribution in [0.15, 0.2) is 28.4 Å². The maximum absolute atomic E-state index is 12.6. The fraction of sp³-hybridized carbons (Fsp3) is 0.400. The summed E-state index contributed by atoms with van der Waals surface area (Å²) in [5.74, 6) is 0.578. The second kappa shape index (κ2) is 6.41. The average molecular weight is 319 g/mol. The van der Waals surface area contributed by atoms with E-state index in [0.29, 0.717) is 37.7 Å². The summed E-state index contributed by atoms with van der Waals surface area (Å²) in [6.07, 6.45) is 0.371. The molecule has 116 valence electrons. The Morgan fingerprint density at radius 1 is 1.59 bits per heavy atom. The minimum Gasteiger partial charge on any atom is -0.377 e. The third kappa shape index (κ3) is 3.26. The molecular weight excluding hydrogens is 302 g/mol. The van der Waals surface area contributed by atoms with E-state index in [1.54, 1.807) is 23.2 Å². The lowest BCUT2D eigenvalue weighted by Crippen LogP contribution is -2.44. The van der Waals surface area contributed by atoms with E-state index in [0.717, 1.165) is 4.88 Å². The molecule has 22 heavy (non-hydrogen) atoms.